The molecule has 1 aliphatic heterocycles. The average molecular weight is 408 g/mol. The molecule has 3 nitrogen and oxygen atoms in total. The van der Waals surface area contributed by atoms with Crippen molar-refractivity contribution in [3.63, 3.8) is 0 Å². The summed E-state index contributed by atoms with van der Waals surface area (Å²) in [7, 11) is 0. The highest BCUT2D eigenvalue weighted by molar-refractivity contribution is 9.10. The summed E-state index contributed by atoms with van der Waals surface area (Å²) in [5.74, 6) is -0.127. The summed E-state index contributed by atoms with van der Waals surface area (Å²) in [6.07, 6.45) is 3.92. The highest BCUT2D eigenvalue weighted by Gasteiger charge is 2.11. The lowest BCUT2D eigenvalue weighted by atomic mass is 10.1. The van der Waals surface area contributed by atoms with Crippen molar-refractivity contribution >= 4 is 39.1 Å². The van der Waals surface area contributed by atoms with Crippen molar-refractivity contribution in [3.8, 4) is 0 Å². The van der Waals surface area contributed by atoms with Gasteiger partial charge in [-0.25, -0.2) is 0 Å². The Balaban J connectivity index is 1.61. The van der Waals surface area contributed by atoms with Crippen LogP contribution in [0.1, 0.15) is 35.2 Å². The highest BCUT2D eigenvalue weighted by atomic mass is 79.9. The quantitative estimate of drug-likeness (QED) is 0.742. The molecular weight excluding hydrogens is 388 g/mol. The van der Waals surface area contributed by atoms with E-state index in [9.17, 15) is 4.79 Å². The summed E-state index contributed by atoms with van der Waals surface area (Å²) >= 11 is 9.39. The molecule has 126 valence electrons. The Hall–Kier alpha value is -1.36. The monoisotopic (exact) mass is 406 g/mol. The first-order valence-electron chi connectivity index (χ1n) is 8.19. The van der Waals surface area contributed by atoms with E-state index in [2.05, 4.69) is 26.1 Å². The van der Waals surface area contributed by atoms with Crippen LogP contribution in [0.5, 0.6) is 0 Å². The van der Waals surface area contributed by atoms with E-state index in [-0.39, 0.29) is 5.91 Å². The maximum Gasteiger partial charge on any atom is 0.255 e. The third kappa shape index (κ3) is 4.59. The third-order valence-electron chi connectivity index (χ3n) is 4.25. The van der Waals surface area contributed by atoms with Gasteiger partial charge in [0.2, 0.25) is 0 Å². The molecule has 5 heteroatoms. The van der Waals surface area contributed by atoms with Crippen LogP contribution in [0.15, 0.2) is 46.9 Å². The summed E-state index contributed by atoms with van der Waals surface area (Å²) < 4.78 is 0.809. The van der Waals surface area contributed by atoms with Crippen LogP contribution in [0.4, 0.5) is 5.69 Å². The summed E-state index contributed by atoms with van der Waals surface area (Å²) in [5, 5.41) is 3.45. The normalized spacial score (nSPS) is 15.2. The van der Waals surface area contributed by atoms with Crippen molar-refractivity contribution in [2.24, 2.45) is 0 Å². The summed E-state index contributed by atoms with van der Waals surface area (Å²) in [4.78, 5) is 14.8. The van der Waals surface area contributed by atoms with Crippen molar-refractivity contribution in [3.05, 3.63) is 63.1 Å². The number of carbonyl (C=O) groups excluding carboxylic acids is 1. The maximum absolute atomic E-state index is 12.3. The number of likely N-dealkylation sites (tertiary alicyclic amines) is 1. The van der Waals surface area contributed by atoms with Crippen molar-refractivity contribution in [2.75, 3.05) is 18.4 Å². The zero-order chi connectivity index (χ0) is 16.9. The van der Waals surface area contributed by atoms with Crippen LogP contribution in [0.25, 0.3) is 0 Å². The predicted octanol–water partition coefficient (Wildman–Crippen LogP) is 5.34. The van der Waals surface area contributed by atoms with E-state index in [0.29, 0.717) is 16.3 Å². The SMILES string of the molecule is O=C(Nc1ccc(Br)c(Cl)c1)c1ccc(CN2CCCCC2)cc1. The third-order valence-corrected chi connectivity index (χ3v) is 5.48. The number of anilines is 1. The minimum atomic E-state index is -0.127. The number of benzene rings is 2. The Kier molecular flexibility index (Phi) is 5.93. The number of amides is 1. The maximum atomic E-state index is 12.3. The minimum Gasteiger partial charge on any atom is -0.322 e. The molecule has 0 saturated carbocycles. The molecule has 2 aromatic carbocycles. The number of carbonyl (C=O) groups is 1. The molecule has 0 atom stereocenters. The van der Waals surface area contributed by atoms with E-state index < -0.39 is 0 Å². The molecule has 1 amide bonds. The second-order valence-corrected chi connectivity index (χ2v) is 7.38. The second kappa shape index (κ2) is 8.15. The number of piperidine rings is 1. The van der Waals surface area contributed by atoms with E-state index in [1.807, 2.05) is 36.4 Å². The van der Waals surface area contributed by atoms with Gasteiger partial charge < -0.3 is 5.32 Å². The van der Waals surface area contributed by atoms with Crippen molar-refractivity contribution in [2.45, 2.75) is 25.8 Å². The molecule has 3 rings (SSSR count). The standard InChI is InChI=1S/C19H20BrClN2O/c20-17-9-8-16(12-18(17)21)22-19(24)15-6-4-14(5-7-15)13-23-10-2-1-3-11-23/h4-9,12H,1-3,10-11,13H2,(H,22,24). The van der Waals surface area contributed by atoms with Gasteiger partial charge in [0.15, 0.2) is 0 Å². The molecule has 0 spiro atoms. The van der Waals surface area contributed by atoms with Gasteiger partial charge in [-0.2, -0.15) is 0 Å². The highest BCUT2D eigenvalue weighted by Crippen LogP contribution is 2.25. The summed E-state index contributed by atoms with van der Waals surface area (Å²) in [5.41, 5.74) is 2.59. The fourth-order valence-electron chi connectivity index (χ4n) is 2.91. The molecule has 2 aromatic rings. The Morgan fingerprint density at radius 3 is 2.46 bits per heavy atom. The van der Waals surface area contributed by atoms with Crippen LogP contribution < -0.4 is 5.32 Å². The Labute approximate surface area is 156 Å². The van der Waals surface area contributed by atoms with Gasteiger partial charge in [-0.05, 0) is 77.8 Å². The molecule has 0 aliphatic carbocycles. The Morgan fingerprint density at radius 1 is 1.08 bits per heavy atom. The first-order chi connectivity index (χ1) is 11.6. The molecular formula is C19H20BrClN2O. The lowest BCUT2D eigenvalue weighted by molar-refractivity contribution is 0.102. The van der Waals surface area contributed by atoms with E-state index >= 15 is 0 Å². The lowest BCUT2D eigenvalue weighted by Gasteiger charge is -2.26. The van der Waals surface area contributed by atoms with Gasteiger partial charge in [-0.1, -0.05) is 30.2 Å². The van der Waals surface area contributed by atoms with Crippen LogP contribution in [0.2, 0.25) is 5.02 Å². The van der Waals surface area contributed by atoms with E-state index in [1.165, 1.54) is 37.9 Å². The van der Waals surface area contributed by atoms with Gasteiger partial charge in [0.1, 0.15) is 0 Å². The number of halogens is 2. The number of hydrogen-bond acceptors (Lipinski definition) is 2. The van der Waals surface area contributed by atoms with Gasteiger partial charge in [0.05, 0.1) is 5.02 Å². The molecule has 0 radical (unpaired) electrons. The molecule has 0 unspecified atom stereocenters. The van der Waals surface area contributed by atoms with Crippen LogP contribution in [0.3, 0.4) is 0 Å². The number of nitrogens with one attached hydrogen (secondary N) is 1. The zero-order valence-electron chi connectivity index (χ0n) is 13.4. The second-order valence-electron chi connectivity index (χ2n) is 6.12. The van der Waals surface area contributed by atoms with Crippen molar-refractivity contribution in [1.82, 2.24) is 4.90 Å². The smallest absolute Gasteiger partial charge is 0.255 e. The van der Waals surface area contributed by atoms with Gasteiger partial charge in [0.25, 0.3) is 5.91 Å². The van der Waals surface area contributed by atoms with Gasteiger partial charge in [-0.15, -0.1) is 0 Å². The molecule has 1 aliphatic rings. The fourth-order valence-corrected chi connectivity index (χ4v) is 3.34. The fraction of sp³-hybridized carbons (Fsp3) is 0.316. The van der Waals surface area contributed by atoms with Gasteiger partial charge in [-0.3, -0.25) is 9.69 Å². The van der Waals surface area contributed by atoms with Crippen LogP contribution >= 0.6 is 27.5 Å². The molecule has 24 heavy (non-hydrogen) atoms. The Morgan fingerprint density at radius 2 is 1.79 bits per heavy atom. The number of nitrogens with zero attached hydrogens (tertiary/aromatic N) is 1. The van der Waals surface area contributed by atoms with E-state index in [1.54, 1.807) is 6.07 Å². The first-order valence-corrected chi connectivity index (χ1v) is 9.36. The van der Waals surface area contributed by atoms with Crippen LogP contribution in [-0.2, 0) is 6.54 Å². The summed E-state index contributed by atoms with van der Waals surface area (Å²) in [6.45, 7) is 3.31. The number of hydrogen-bond donors (Lipinski definition) is 1. The first kappa shape index (κ1) is 17.5. The van der Waals surface area contributed by atoms with Crippen molar-refractivity contribution < 1.29 is 4.79 Å². The molecule has 1 fully saturated rings. The van der Waals surface area contributed by atoms with E-state index in [0.717, 1.165) is 11.0 Å². The molecule has 1 heterocycles. The van der Waals surface area contributed by atoms with Crippen LogP contribution in [-0.4, -0.2) is 23.9 Å². The molecule has 1 N–H and O–H groups in total. The van der Waals surface area contributed by atoms with Gasteiger partial charge in [0, 0.05) is 22.3 Å². The zero-order valence-corrected chi connectivity index (χ0v) is 15.7. The molecule has 1 saturated heterocycles. The predicted molar refractivity (Wildman–Crippen MR) is 103 cm³/mol. The largest absolute Gasteiger partial charge is 0.322 e. The summed E-state index contributed by atoms with van der Waals surface area (Å²) in [6, 6.07) is 13.2. The van der Waals surface area contributed by atoms with Crippen LogP contribution in [0, 0.1) is 0 Å². The average Bonchev–Trinajstić information content (AvgIpc) is 2.60. The molecule has 0 bridgehead atoms. The topological polar surface area (TPSA) is 32.3 Å². The number of rotatable bonds is 4. The van der Waals surface area contributed by atoms with Crippen molar-refractivity contribution in [1.29, 1.82) is 0 Å². The Bertz CT molecular complexity index is 712. The lowest BCUT2D eigenvalue weighted by Crippen LogP contribution is -2.29. The van der Waals surface area contributed by atoms with Gasteiger partial charge >= 0.3 is 0 Å². The van der Waals surface area contributed by atoms with E-state index in [4.69, 9.17) is 11.6 Å². The molecule has 0 aromatic heterocycles. The minimum absolute atomic E-state index is 0.127.